The Kier molecular flexibility index (Phi) is 5.59. The summed E-state index contributed by atoms with van der Waals surface area (Å²) < 4.78 is 2.30. The lowest BCUT2D eigenvalue weighted by atomic mass is 9.87. The summed E-state index contributed by atoms with van der Waals surface area (Å²) in [5.74, 6) is 0.515. The lowest BCUT2D eigenvalue weighted by Gasteiger charge is -2.23. The van der Waals surface area contributed by atoms with E-state index >= 15 is 0 Å². The van der Waals surface area contributed by atoms with Gasteiger partial charge in [-0.1, -0.05) is 65.9 Å². The minimum atomic E-state index is 0.0695. The van der Waals surface area contributed by atoms with Gasteiger partial charge in [-0.05, 0) is 54.2 Å². The van der Waals surface area contributed by atoms with E-state index < -0.39 is 0 Å². The summed E-state index contributed by atoms with van der Waals surface area (Å²) in [7, 11) is 0. The molecule has 6 rings (SSSR count). The van der Waals surface area contributed by atoms with Crippen LogP contribution in [0.4, 0.5) is 0 Å². The predicted molar refractivity (Wildman–Crippen MR) is 144 cm³/mol. The second kappa shape index (κ2) is 8.91. The van der Waals surface area contributed by atoms with Gasteiger partial charge in [0.2, 0.25) is 0 Å². The number of rotatable bonds is 5. The van der Waals surface area contributed by atoms with E-state index in [0.717, 1.165) is 57.9 Å². The van der Waals surface area contributed by atoms with Crippen molar-refractivity contribution in [2.24, 2.45) is 11.5 Å². The van der Waals surface area contributed by atoms with Crippen LogP contribution in [-0.2, 0) is 6.54 Å². The van der Waals surface area contributed by atoms with Gasteiger partial charge in [-0.2, -0.15) is 0 Å². The molecule has 0 saturated heterocycles. The van der Waals surface area contributed by atoms with E-state index in [1.165, 1.54) is 16.3 Å². The molecule has 176 valence electrons. The molecule has 2 heterocycles. The number of hydrogen-bond donors (Lipinski definition) is 3. The van der Waals surface area contributed by atoms with Crippen LogP contribution in [0.2, 0.25) is 0 Å². The van der Waals surface area contributed by atoms with E-state index in [-0.39, 0.29) is 5.84 Å². The van der Waals surface area contributed by atoms with Crippen LogP contribution >= 0.6 is 11.3 Å². The summed E-state index contributed by atoms with van der Waals surface area (Å²) >= 11 is 1.70. The highest BCUT2D eigenvalue weighted by Crippen LogP contribution is 2.38. The molecule has 0 spiro atoms. The molecular formula is C28H28N6S. The Morgan fingerprint density at radius 2 is 1.74 bits per heavy atom. The molecule has 2 aromatic heterocycles. The van der Waals surface area contributed by atoms with Crippen LogP contribution in [0, 0.1) is 5.41 Å². The third kappa shape index (κ3) is 4.11. The fraction of sp³-hybridized carbons (Fsp3) is 0.250. The van der Waals surface area contributed by atoms with Gasteiger partial charge < -0.3 is 16.0 Å². The first kappa shape index (κ1) is 21.9. The van der Waals surface area contributed by atoms with Crippen LogP contribution in [0.25, 0.3) is 32.4 Å². The number of benzene rings is 3. The number of amidine groups is 1. The zero-order chi connectivity index (χ0) is 23.9. The molecule has 5 N–H and O–H groups in total. The fourth-order valence-corrected chi connectivity index (χ4v) is 6.28. The topological polar surface area (TPSA) is 107 Å². The van der Waals surface area contributed by atoms with Gasteiger partial charge in [-0.15, -0.1) is 10.2 Å². The van der Waals surface area contributed by atoms with E-state index in [0.29, 0.717) is 18.5 Å². The summed E-state index contributed by atoms with van der Waals surface area (Å²) in [6, 6.07) is 23.4. The van der Waals surface area contributed by atoms with Crippen LogP contribution in [0.3, 0.4) is 0 Å². The molecular weight excluding hydrogens is 452 g/mol. The standard InChI is InChI=1S/C28H28N6S/c29-22-12-10-18(11-13-22)27-32-33-28(35-27)25-14-19-8-9-20(26(30)31)15-24(19)34(25)16-21-6-3-5-17-4-1-2-7-23(17)21/h1-9,14-15,18,22H,10-13,16,29H2,(H3,30,31). The molecule has 1 aliphatic carbocycles. The van der Waals surface area contributed by atoms with Crippen molar-refractivity contribution in [1.82, 2.24) is 14.8 Å². The maximum Gasteiger partial charge on any atom is 0.164 e. The van der Waals surface area contributed by atoms with Gasteiger partial charge in [-0.3, -0.25) is 5.41 Å². The van der Waals surface area contributed by atoms with Gasteiger partial charge in [0, 0.05) is 35.0 Å². The molecule has 1 aliphatic rings. The molecule has 35 heavy (non-hydrogen) atoms. The Hall–Kier alpha value is -3.55. The monoisotopic (exact) mass is 480 g/mol. The number of nitrogen functional groups attached to an aromatic ring is 1. The molecule has 6 nitrogen and oxygen atoms in total. The second-order valence-corrected chi connectivity index (χ2v) is 10.5. The molecule has 0 radical (unpaired) electrons. The third-order valence-electron chi connectivity index (χ3n) is 7.20. The Bertz CT molecular complexity index is 1530. The molecule has 0 amide bonds. The number of hydrogen-bond acceptors (Lipinski definition) is 5. The van der Waals surface area contributed by atoms with Crippen molar-refractivity contribution < 1.29 is 0 Å². The molecule has 0 aliphatic heterocycles. The van der Waals surface area contributed by atoms with Gasteiger partial charge in [0.15, 0.2) is 5.01 Å². The SMILES string of the molecule is N=C(N)c1ccc2cc(-c3nnc(C4CCC(N)CC4)s3)n(Cc3cccc4ccccc34)c2c1. The van der Waals surface area contributed by atoms with E-state index in [9.17, 15) is 0 Å². The number of aromatic nitrogens is 3. The lowest BCUT2D eigenvalue weighted by molar-refractivity contribution is 0.393. The molecule has 7 heteroatoms. The predicted octanol–water partition coefficient (Wildman–Crippen LogP) is 5.63. The number of nitrogens with zero attached hydrogens (tertiary/aromatic N) is 3. The maximum atomic E-state index is 7.95. The van der Waals surface area contributed by atoms with Crippen molar-refractivity contribution in [2.75, 3.05) is 0 Å². The minimum absolute atomic E-state index is 0.0695. The summed E-state index contributed by atoms with van der Waals surface area (Å²) in [5, 5.41) is 22.8. The van der Waals surface area contributed by atoms with Crippen LogP contribution in [-0.4, -0.2) is 26.6 Å². The van der Waals surface area contributed by atoms with E-state index in [4.69, 9.17) is 16.9 Å². The number of nitrogens with two attached hydrogens (primary N) is 2. The number of nitrogens with one attached hydrogen (secondary N) is 1. The molecule has 0 atom stereocenters. The van der Waals surface area contributed by atoms with E-state index in [2.05, 4.69) is 63.3 Å². The van der Waals surface area contributed by atoms with E-state index in [1.807, 2.05) is 18.2 Å². The Labute approximate surface area is 208 Å². The van der Waals surface area contributed by atoms with Crippen molar-refractivity contribution in [3.8, 4) is 10.7 Å². The molecule has 0 unspecified atom stereocenters. The molecule has 1 fully saturated rings. The first-order valence-electron chi connectivity index (χ1n) is 12.1. The largest absolute Gasteiger partial charge is 0.384 e. The van der Waals surface area contributed by atoms with Crippen LogP contribution in [0.5, 0.6) is 0 Å². The van der Waals surface area contributed by atoms with Crippen molar-refractivity contribution in [3.05, 3.63) is 82.9 Å². The van der Waals surface area contributed by atoms with Gasteiger partial charge in [0.1, 0.15) is 10.8 Å². The lowest BCUT2D eigenvalue weighted by Crippen LogP contribution is -2.25. The minimum Gasteiger partial charge on any atom is -0.384 e. The zero-order valence-electron chi connectivity index (χ0n) is 19.4. The zero-order valence-corrected chi connectivity index (χ0v) is 20.3. The first-order chi connectivity index (χ1) is 17.1. The average molecular weight is 481 g/mol. The summed E-state index contributed by atoms with van der Waals surface area (Å²) in [6.45, 7) is 0.689. The van der Waals surface area contributed by atoms with Gasteiger partial charge in [0.05, 0.1) is 5.69 Å². The number of fused-ring (bicyclic) bond motifs is 2. The van der Waals surface area contributed by atoms with E-state index in [1.54, 1.807) is 11.3 Å². The maximum absolute atomic E-state index is 7.95. The van der Waals surface area contributed by atoms with Crippen molar-refractivity contribution in [2.45, 2.75) is 44.2 Å². The molecule has 0 bridgehead atoms. The average Bonchev–Trinajstić information content (AvgIpc) is 3.50. The highest BCUT2D eigenvalue weighted by molar-refractivity contribution is 7.14. The molecule has 3 aromatic carbocycles. The van der Waals surface area contributed by atoms with Crippen molar-refractivity contribution >= 4 is 38.8 Å². The summed E-state index contributed by atoms with van der Waals surface area (Å²) in [4.78, 5) is 0. The van der Waals surface area contributed by atoms with Crippen LogP contribution in [0.15, 0.2) is 66.7 Å². The smallest absolute Gasteiger partial charge is 0.164 e. The fourth-order valence-electron chi connectivity index (χ4n) is 5.24. The summed E-state index contributed by atoms with van der Waals surface area (Å²) in [5.41, 5.74) is 16.0. The van der Waals surface area contributed by atoms with Crippen LogP contribution < -0.4 is 11.5 Å². The molecule has 5 aromatic rings. The molecule has 1 saturated carbocycles. The summed E-state index contributed by atoms with van der Waals surface area (Å²) in [6.07, 6.45) is 4.26. The third-order valence-corrected chi connectivity index (χ3v) is 8.31. The first-order valence-corrected chi connectivity index (χ1v) is 12.9. The van der Waals surface area contributed by atoms with Gasteiger partial charge in [0.25, 0.3) is 0 Å². The van der Waals surface area contributed by atoms with Crippen molar-refractivity contribution in [1.29, 1.82) is 5.41 Å². The van der Waals surface area contributed by atoms with Crippen LogP contribution in [0.1, 0.15) is 47.7 Å². The second-order valence-electron chi connectivity index (χ2n) is 9.50. The highest BCUT2D eigenvalue weighted by atomic mass is 32.1. The van der Waals surface area contributed by atoms with Crippen molar-refractivity contribution in [3.63, 3.8) is 0 Å². The Balaban J connectivity index is 1.47. The highest BCUT2D eigenvalue weighted by Gasteiger charge is 2.24. The quantitative estimate of drug-likeness (QED) is 0.224. The normalized spacial score (nSPS) is 18.3. The Morgan fingerprint density at radius 3 is 2.57 bits per heavy atom. The van der Waals surface area contributed by atoms with Gasteiger partial charge >= 0.3 is 0 Å². The Morgan fingerprint density at radius 1 is 0.943 bits per heavy atom. The van der Waals surface area contributed by atoms with Gasteiger partial charge in [-0.25, -0.2) is 0 Å².